The standard InChI is InChI=1S/C24H27N3O5S2/c1-16-5-4-12-27(14-16)34(29,30)19-9-6-17(7-10-19)23(28)26-24-25-20(15-33-24)18-8-11-21(31-2)22(13-18)32-3/h6-11,13,15-16H,4-5,12,14H2,1-3H3,(H,25,26,28). The zero-order valence-electron chi connectivity index (χ0n) is 19.3. The van der Waals surface area contributed by atoms with Crippen LogP contribution in [0.4, 0.5) is 5.13 Å². The number of anilines is 1. The number of ether oxygens (including phenoxy) is 2. The minimum Gasteiger partial charge on any atom is -0.493 e. The van der Waals surface area contributed by atoms with Gasteiger partial charge < -0.3 is 9.47 Å². The smallest absolute Gasteiger partial charge is 0.257 e. The molecule has 0 spiro atoms. The molecule has 3 aromatic rings. The highest BCUT2D eigenvalue weighted by molar-refractivity contribution is 7.89. The predicted octanol–water partition coefficient (Wildman–Crippen LogP) is 4.50. The Morgan fingerprint density at radius 2 is 1.85 bits per heavy atom. The van der Waals surface area contributed by atoms with E-state index in [0.29, 0.717) is 46.9 Å². The Morgan fingerprint density at radius 3 is 2.53 bits per heavy atom. The summed E-state index contributed by atoms with van der Waals surface area (Å²) >= 11 is 1.30. The summed E-state index contributed by atoms with van der Waals surface area (Å²) in [5.74, 6) is 1.20. The van der Waals surface area contributed by atoms with Gasteiger partial charge in [0.15, 0.2) is 16.6 Å². The molecule has 8 nitrogen and oxygen atoms in total. The molecule has 0 saturated carbocycles. The maximum atomic E-state index is 12.9. The van der Waals surface area contributed by atoms with Crippen molar-refractivity contribution in [3.63, 3.8) is 0 Å². The number of aromatic nitrogens is 1. The van der Waals surface area contributed by atoms with Crippen molar-refractivity contribution < 1.29 is 22.7 Å². The number of thiazole rings is 1. The molecule has 0 radical (unpaired) electrons. The third kappa shape index (κ3) is 5.08. The Bertz CT molecular complexity index is 1270. The molecule has 1 saturated heterocycles. The number of methoxy groups -OCH3 is 2. The number of benzene rings is 2. The number of nitrogens with one attached hydrogen (secondary N) is 1. The minimum atomic E-state index is -3.56. The molecular weight excluding hydrogens is 474 g/mol. The molecule has 1 atom stereocenters. The van der Waals surface area contributed by atoms with E-state index < -0.39 is 10.0 Å². The highest BCUT2D eigenvalue weighted by Crippen LogP contribution is 2.33. The first kappa shape index (κ1) is 24.2. The fraction of sp³-hybridized carbons (Fsp3) is 0.333. The van der Waals surface area contributed by atoms with Gasteiger partial charge in [0, 0.05) is 29.6 Å². The van der Waals surface area contributed by atoms with Gasteiger partial charge in [0.25, 0.3) is 5.91 Å². The van der Waals surface area contributed by atoms with Gasteiger partial charge >= 0.3 is 0 Å². The summed E-state index contributed by atoms with van der Waals surface area (Å²) in [5.41, 5.74) is 1.88. The van der Waals surface area contributed by atoms with E-state index >= 15 is 0 Å². The Morgan fingerprint density at radius 1 is 1.12 bits per heavy atom. The first-order valence-corrected chi connectivity index (χ1v) is 13.2. The number of amides is 1. The molecule has 1 aromatic heterocycles. The van der Waals surface area contributed by atoms with Gasteiger partial charge in [-0.05, 0) is 61.2 Å². The number of hydrogen-bond donors (Lipinski definition) is 1. The summed E-state index contributed by atoms with van der Waals surface area (Å²) in [5, 5.41) is 5.06. The highest BCUT2D eigenvalue weighted by atomic mass is 32.2. The van der Waals surface area contributed by atoms with Crippen LogP contribution in [0, 0.1) is 5.92 Å². The van der Waals surface area contributed by atoms with Crippen molar-refractivity contribution in [1.29, 1.82) is 0 Å². The topological polar surface area (TPSA) is 97.8 Å². The summed E-state index contributed by atoms with van der Waals surface area (Å²) in [7, 11) is -0.421. The van der Waals surface area contributed by atoms with Crippen molar-refractivity contribution in [3.8, 4) is 22.8 Å². The number of rotatable bonds is 7. The van der Waals surface area contributed by atoms with Crippen LogP contribution in [0.15, 0.2) is 52.7 Å². The van der Waals surface area contributed by atoms with Gasteiger partial charge in [-0.1, -0.05) is 6.92 Å². The molecule has 0 aliphatic carbocycles. The molecule has 180 valence electrons. The van der Waals surface area contributed by atoms with Crippen molar-refractivity contribution in [1.82, 2.24) is 9.29 Å². The number of sulfonamides is 1. The molecule has 1 aliphatic heterocycles. The third-order valence-corrected chi connectivity index (χ3v) is 8.42. The van der Waals surface area contributed by atoms with Crippen molar-refractivity contribution in [3.05, 3.63) is 53.4 Å². The monoisotopic (exact) mass is 501 g/mol. The third-order valence-electron chi connectivity index (χ3n) is 5.78. The summed E-state index contributed by atoms with van der Waals surface area (Å²) in [6.45, 7) is 3.11. The average Bonchev–Trinajstić information content (AvgIpc) is 3.32. The second-order valence-electron chi connectivity index (χ2n) is 8.20. The molecule has 4 rings (SSSR count). The molecule has 1 aliphatic rings. The van der Waals surface area contributed by atoms with Crippen molar-refractivity contribution in [2.75, 3.05) is 32.6 Å². The first-order chi connectivity index (χ1) is 16.3. The fourth-order valence-electron chi connectivity index (χ4n) is 3.92. The highest BCUT2D eigenvalue weighted by Gasteiger charge is 2.28. The number of hydrogen-bond acceptors (Lipinski definition) is 7. The number of carbonyl (C=O) groups excluding carboxylic acids is 1. The lowest BCUT2D eigenvalue weighted by Crippen LogP contribution is -2.39. The van der Waals surface area contributed by atoms with Crippen molar-refractivity contribution in [2.45, 2.75) is 24.7 Å². The summed E-state index contributed by atoms with van der Waals surface area (Å²) in [4.78, 5) is 17.4. The Hall–Kier alpha value is -2.95. The van der Waals surface area contributed by atoms with Crippen LogP contribution in [0.3, 0.4) is 0 Å². The molecule has 1 amide bonds. The van der Waals surface area contributed by atoms with E-state index in [2.05, 4.69) is 17.2 Å². The second kappa shape index (κ2) is 10.1. The van der Waals surface area contributed by atoms with Gasteiger partial charge in [-0.2, -0.15) is 4.31 Å². The predicted molar refractivity (Wildman–Crippen MR) is 132 cm³/mol. The number of nitrogens with zero attached hydrogens (tertiary/aromatic N) is 2. The fourth-order valence-corrected chi connectivity index (χ4v) is 6.23. The average molecular weight is 502 g/mol. The summed E-state index contributed by atoms with van der Waals surface area (Å²) < 4.78 is 38.0. The zero-order chi connectivity index (χ0) is 24.3. The molecule has 10 heteroatoms. The maximum absolute atomic E-state index is 12.9. The van der Waals surface area contributed by atoms with E-state index in [0.717, 1.165) is 18.4 Å². The molecule has 2 heterocycles. The number of carbonyl (C=O) groups is 1. The molecule has 34 heavy (non-hydrogen) atoms. The van der Waals surface area contributed by atoms with Crippen LogP contribution < -0.4 is 14.8 Å². The van der Waals surface area contributed by atoms with E-state index in [1.54, 1.807) is 20.3 Å². The molecule has 1 unspecified atom stereocenters. The van der Waals surface area contributed by atoms with Crippen LogP contribution in [-0.2, 0) is 10.0 Å². The lowest BCUT2D eigenvalue weighted by molar-refractivity contribution is 0.102. The van der Waals surface area contributed by atoms with E-state index in [1.807, 2.05) is 17.5 Å². The van der Waals surface area contributed by atoms with Crippen LogP contribution in [0.1, 0.15) is 30.1 Å². The Labute approximate surface area is 203 Å². The molecule has 0 bridgehead atoms. The summed E-state index contributed by atoms with van der Waals surface area (Å²) in [6.07, 6.45) is 1.90. The van der Waals surface area contributed by atoms with E-state index in [1.165, 1.54) is 39.9 Å². The van der Waals surface area contributed by atoms with Crippen molar-refractivity contribution >= 4 is 32.4 Å². The van der Waals surface area contributed by atoms with Crippen molar-refractivity contribution in [2.24, 2.45) is 5.92 Å². The molecular formula is C24H27N3O5S2. The van der Waals surface area contributed by atoms with Crippen LogP contribution in [0.5, 0.6) is 11.5 Å². The van der Waals surface area contributed by atoms with Crippen LogP contribution in [0.2, 0.25) is 0 Å². The number of piperidine rings is 1. The maximum Gasteiger partial charge on any atom is 0.257 e. The largest absolute Gasteiger partial charge is 0.493 e. The zero-order valence-corrected chi connectivity index (χ0v) is 20.9. The summed E-state index contributed by atoms with van der Waals surface area (Å²) in [6, 6.07) is 11.5. The van der Waals surface area contributed by atoms with E-state index in [-0.39, 0.29) is 10.8 Å². The Balaban J connectivity index is 1.45. The Kier molecular flexibility index (Phi) is 7.20. The van der Waals surface area contributed by atoms with Crippen LogP contribution in [0.25, 0.3) is 11.3 Å². The quantitative estimate of drug-likeness (QED) is 0.512. The first-order valence-electron chi connectivity index (χ1n) is 10.9. The van der Waals surface area contributed by atoms with Gasteiger partial charge in [-0.15, -0.1) is 11.3 Å². The van der Waals surface area contributed by atoms with Gasteiger partial charge in [0.05, 0.1) is 24.8 Å². The minimum absolute atomic E-state index is 0.197. The molecule has 1 N–H and O–H groups in total. The van der Waals surface area contributed by atoms with Gasteiger partial charge in [-0.25, -0.2) is 13.4 Å². The lowest BCUT2D eigenvalue weighted by atomic mass is 10.0. The van der Waals surface area contributed by atoms with Gasteiger partial charge in [0.1, 0.15) is 0 Å². The SMILES string of the molecule is COc1ccc(-c2csc(NC(=O)c3ccc(S(=O)(=O)N4CCCC(C)C4)cc3)n2)cc1OC. The van der Waals surface area contributed by atoms with Crippen LogP contribution in [-0.4, -0.2) is 50.9 Å². The van der Waals surface area contributed by atoms with Crippen LogP contribution >= 0.6 is 11.3 Å². The second-order valence-corrected chi connectivity index (χ2v) is 11.0. The molecule has 2 aromatic carbocycles. The van der Waals surface area contributed by atoms with E-state index in [4.69, 9.17) is 9.47 Å². The molecule has 1 fully saturated rings. The van der Waals surface area contributed by atoms with E-state index in [9.17, 15) is 13.2 Å². The van der Waals surface area contributed by atoms with Gasteiger partial charge in [-0.3, -0.25) is 10.1 Å². The normalized spacial score (nSPS) is 16.7. The lowest BCUT2D eigenvalue weighted by Gasteiger charge is -2.30. The van der Waals surface area contributed by atoms with Gasteiger partial charge in [0.2, 0.25) is 10.0 Å².